The van der Waals surface area contributed by atoms with Gasteiger partial charge < -0.3 is 9.80 Å². The predicted octanol–water partition coefficient (Wildman–Crippen LogP) is 1.66. The van der Waals surface area contributed by atoms with Crippen LogP contribution in [0.1, 0.15) is 46.5 Å². The number of nitrogens with one attached hydrogen (secondary N) is 1. The van der Waals surface area contributed by atoms with Gasteiger partial charge >= 0.3 is 0 Å². The summed E-state index contributed by atoms with van der Waals surface area (Å²) in [5.41, 5.74) is 0. The number of carbonyl (C=O) groups excluding carboxylic acids is 1. The predicted molar refractivity (Wildman–Crippen MR) is 77.8 cm³/mol. The first-order valence-corrected chi connectivity index (χ1v) is 7.85. The number of nitrogens with zero attached hydrogens (tertiary/aromatic N) is 2. The van der Waals surface area contributed by atoms with Gasteiger partial charge in [0.05, 0.1) is 12.2 Å². The Kier molecular flexibility index (Phi) is 4.85. The fraction of sp³-hybridized carbons (Fsp3) is 0.933. The van der Waals surface area contributed by atoms with Crippen molar-refractivity contribution < 1.29 is 4.79 Å². The first-order valence-electron chi connectivity index (χ1n) is 7.85. The molecule has 0 radical (unpaired) electrons. The maximum atomic E-state index is 12.6. The Morgan fingerprint density at radius 2 is 2.16 bits per heavy atom. The Bertz CT molecular complexity index is 321. The molecule has 1 amide bonds. The van der Waals surface area contributed by atoms with Gasteiger partial charge in [-0.2, -0.15) is 0 Å². The van der Waals surface area contributed by atoms with E-state index in [4.69, 9.17) is 0 Å². The second-order valence-corrected chi connectivity index (χ2v) is 6.22. The van der Waals surface area contributed by atoms with Gasteiger partial charge in [-0.3, -0.25) is 10.1 Å². The van der Waals surface area contributed by atoms with Crippen LogP contribution in [-0.2, 0) is 4.79 Å². The van der Waals surface area contributed by atoms with Gasteiger partial charge in [0.15, 0.2) is 0 Å². The molecule has 4 atom stereocenters. The molecule has 4 unspecified atom stereocenters. The van der Waals surface area contributed by atoms with Crippen molar-refractivity contribution in [1.82, 2.24) is 15.1 Å². The van der Waals surface area contributed by atoms with Crippen LogP contribution in [0.4, 0.5) is 0 Å². The Morgan fingerprint density at radius 3 is 2.68 bits per heavy atom. The Labute approximate surface area is 117 Å². The molecule has 1 N–H and O–H groups in total. The monoisotopic (exact) mass is 267 g/mol. The summed E-state index contributed by atoms with van der Waals surface area (Å²) in [6, 6.07) is 0.581. The number of likely N-dealkylation sites (tertiary alicyclic amines) is 1. The molecular weight excluding hydrogens is 238 g/mol. The van der Waals surface area contributed by atoms with Gasteiger partial charge in [-0.15, -0.1) is 0 Å². The molecule has 2 aliphatic rings. The molecule has 0 saturated carbocycles. The van der Waals surface area contributed by atoms with Crippen LogP contribution in [0.3, 0.4) is 0 Å². The highest BCUT2D eigenvalue weighted by molar-refractivity contribution is 5.84. The van der Waals surface area contributed by atoms with Crippen LogP contribution in [0, 0.1) is 5.92 Å². The van der Waals surface area contributed by atoms with Crippen LogP contribution >= 0.6 is 0 Å². The van der Waals surface area contributed by atoms with E-state index >= 15 is 0 Å². The van der Waals surface area contributed by atoms with Crippen LogP contribution < -0.4 is 5.32 Å². The zero-order valence-electron chi connectivity index (χ0n) is 12.9. The van der Waals surface area contributed by atoms with Crippen molar-refractivity contribution in [2.75, 3.05) is 20.1 Å². The summed E-state index contributed by atoms with van der Waals surface area (Å²) in [4.78, 5) is 17.1. The molecule has 19 heavy (non-hydrogen) atoms. The lowest BCUT2D eigenvalue weighted by Crippen LogP contribution is -2.44. The first-order chi connectivity index (χ1) is 9.08. The Morgan fingerprint density at radius 1 is 1.42 bits per heavy atom. The molecule has 0 aromatic heterocycles. The van der Waals surface area contributed by atoms with Crippen molar-refractivity contribution in [2.45, 2.75) is 64.7 Å². The third-order valence-corrected chi connectivity index (χ3v) is 4.98. The molecule has 2 rings (SSSR count). The number of likely N-dealkylation sites (N-methyl/N-ethyl adjacent to an activating group) is 1. The summed E-state index contributed by atoms with van der Waals surface area (Å²) in [5, 5.41) is 3.54. The third kappa shape index (κ3) is 2.95. The van der Waals surface area contributed by atoms with Gasteiger partial charge in [0.2, 0.25) is 5.91 Å². The average molecular weight is 267 g/mol. The average Bonchev–Trinajstić information content (AvgIpc) is 2.95. The molecule has 4 heteroatoms. The molecule has 4 nitrogen and oxygen atoms in total. The first kappa shape index (κ1) is 14.8. The minimum absolute atomic E-state index is 0.0293. The van der Waals surface area contributed by atoms with Gasteiger partial charge in [-0.05, 0) is 38.8 Å². The molecule has 2 fully saturated rings. The maximum Gasteiger partial charge on any atom is 0.241 e. The lowest BCUT2D eigenvalue weighted by Gasteiger charge is -2.29. The van der Waals surface area contributed by atoms with Crippen molar-refractivity contribution in [3.8, 4) is 0 Å². The SMILES string of the molecule is CCC(C)C1NC(CC)N(CC2CCCN2C)C1=O. The summed E-state index contributed by atoms with van der Waals surface area (Å²) >= 11 is 0. The molecule has 2 heterocycles. The zero-order chi connectivity index (χ0) is 14.0. The van der Waals surface area contributed by atoms with Gasteiger partial charge in [-0.1, -0.05) is 27.2 Å². The van der Waals surface area contributed by atoms with Crippen LogP contribution in [-0.4, -0.2) is 54.1 Å². The van der Waals surface area contributed by atoms with Crippen molar-refractivity contribution in [3.05, 3.63) is 0 Å². The zero-order valence-corrected chi connectivity index (χ0v) is 12.9. The molecule has 0 aromatic rings. The van der Waals surface area contributed by atoms with Crippen molar-refractivity contribution >= 4 is 5.91 Å². The molecule has 0 aliphatic carbocycles. The molecular formula is C15H29N3O. The highest BCUT2D eigenvalue weighted by atomic mass is 16.2. The van der Waals surface area contributed by atoms with E-state index in [1.165, 1.54) is 19.4 Å². The smallest absolute Gasteiger partial charge is 0.241 e. The second kappa shape index (κ2) is 6.23. The number of carbonyl (C=O) groups is 1. The van der Waals surface area contributed by atoms with E-state index in [1.54, 1.807) is 0 Å². The highest BCUT2D eigenvalue weighted by Crippen LogP contribution is 2.24. The maximum absolute atomic E-state index is 12.6. The fourth-order valence-electron chi connectivity index (χ4n) is 3.34. The minimum Gasteiger partial charge on any atom is -0.324 e. The summed E-state index contributed by atoms with van der Waals surface area (Å²) < 4.78 is 0. The molecule has 2 aliphatic heterocycles. The number of hydrogen-bond donors (Lipinski definition) is 1. The number of amides is 1. The second-order valence-electron chi connectivity index (χ2n) is 6.22. The molecule has 2 saturated heterocycles. The molecule has 0 aromatic carbocycles. The summed E-state index contributed by atoms with van der Waals surface area (Å²) in [6.07, 6.45) is 4.78. The van der Waals surface area contributed by atoms with E-state index in [0.717, 1.165) is 19.4 Å². The van der Waals surface area contributed by atoms with Gasteiger partial charge in [0, 0.05) is 12.6 Å². The van der Waals surface area contributed by atoms with Crippen LogP contribution in [0.15, 0.2) is 0 Å². The van der Waals surface area contributed by atoms with E-state index < -0.39 is 0 Å². The van der Waals surface area contributed by atoms with Crippen molar-refractivity contribution in [2.24, 2.45) is 5.92 Å². The summed E-state index contributed by atoms with van der Waals surface area (Å²) in [6.45, 7) is 8.57. The highest BCUT2D eigenvalue weighted by Gasteiger charge is 2.41. The fourth-order valence-corrected chi connectivity index (χ4v) is 3.34. The van der Waals surface area contributed by atoms with Crippen molar-refractivity contribution in [3.63, 3.8) is 0 Å². The summed E-state index contributed by atoms with van der Waals surface area (Å²) in [5.74, 6) is 0.745. The van der Waals surface area contributed by atoms with Gasteiger partial charge in [-0.25, -0.2) is 0 Å². The van der Waals surface area contributed by atoms with Crippen LogP contribution in [0.2, 0.25) is 0 Å². The Hall–Kier alpha value is -0.610. The van der Waals surface area contributed by atoms with E-state index in [-0.39, 0.29) is 12.2 Å². The van der Waals surface area contributed by atoms with Crippen molar-refractivity contribution in [1.29, 1.82) is 0 Å². The largest absolute Gasteiger partial charge is 0.324 e. The standard InChI is InChI=1S/C15H29N3O/c1-5-11(3)14-15(19)18(13(6-2)16-14)10-12-8-7-9-17(12)4/h11-14,16H,5-10H2,1-4H3. The van der Waals surface area contributed by atoms with E-state index in [2.05, 4.69) is 42.9 Å². The minimum atomic E-state index is 0.0293. The van der Waals surface area contributed by atoms with E-state index in [1.807, 2.05) is 0 Å². The molecule has 0 spiro atoms. The molecule has 0 bridgehead atoms. The summed E-state index contributed by atoms with van der Waals surface area (Å²) in [7, 11) is 2.18. The van der Waals surface area contributed by atoms with Gasteiger partial charge in [0.25, 0.3) is 0 Å². The lowest BCUT2D eigenvalue weighted by molar-refractivity contribution is -0.131. The third-order valence-electron chi connectivity index (χ3n) is 4.98. The normalized spacial score (nSPS) is 34.2. The quantitative estimate of drug-likeness (QED) is 0.823. The lowest BCUT2D eigenvalue weighted by atomic mass is 9.99. The van der Waals surface area contributed by atoms with Crippen LogP contribution in [0.25, 0.3) is 0 Å². The Balaban J connectivity index is 2.03. The van der Waals surface area contributed by atoms with Crippen LogP contribution in [0.5, 0.6) is 0 Å². The molecule has 110 valence electrons. The van der Waals surface area contributed by atoms with E-state index in [0.29, 0.717) is 17.9 Å². The topological polar surface area (TPSA) is 35.6 Å². The van der Waals surface area contributed by atoms with Gasteiger partial charge in [0.1, 0.15) is 0 Å². The van der Waals surface area contributed by atoms with E-state index in [9.17, 15) is 4.79 Å². The number of hydrogen-bond acceptors (Lipinski definition) is 3. The number of rotatable bonds is 5.